The highest BCUT2D eigenvalue weighted by molar-refractivity contribution is 6.30. The van der Waals surface area contributed by atoms with Crippen molar-refractivity contribution < 1.29 is 13.5 Å². The Labute approximate surface area is 128 Å². The molecule has 0 aliphatic heterocycles. The molecule has 0 bridgehead atoms. The van der Waals surface area contributed by atoms with Gasteiger partial charge in [0.2, 0.25) is 0 Å². The number of hydrogen-bond donors (Lipinski definition) is 2. The Balaban J connectivity index is 2.70. The zero-order chi connectivity index (χ0) is 15.8. The van der Waals surface area contributed by atoms with Crippen LogP contribution in [0.3, 0.4) is 0 Å². The van der Waals surface area contributed by atoms with E-state index in [4.69, 9.17) is 11.6 Å². The van der Waals surface area contributed by atoms with Gasteiger partial charge in [0.25, 0.3) is 0 Å². The molecule has 0 aromatic heterocycles. The van der Waals surface area contributed by atoms with Gasteiger partial charge in [-0.15, -0.1) is 0 Å². The molecule has 0 saturated carbocycles. The Morgan fingerprint density at radius 2 is 2.05 bits per heavy atom. The lowest BCUT2D eigenvalue weighted by Crippen LogP contribution is -2.38. The Morgan fingerprint density at radius 3 is 2.62 bits per heavy atom. The Morgan fingerprint density at radius 1 is 1.33 bits per heavy atom. The van der Waals surface area contributed by atoms with Crippen LogP contribution in [0.2, 0.25) is 5.02 Å². The molecular formula is C14H20ClF2N3O. The zero-order valence-electron chi connectivity index (χ0n) is 12.3. The highest BCUT2D eigenvalue weighted by atomic mass is 35.5. The van der Waals surface area contributed by atoms with Crippen LogP contribution in [0.1, 0.15) is 19.4 Å². The molecule has 1 aromatic rings. The Bertz CT molecular complexity index is 481. The fourth-order valence-corrected chi connectivity index (χ4v) is 1.79. The number of aliphatic imine (C=N–C) groups is 1. The van der Waals surface area contributed by atoms with Gasteiger partial charge < -0.3 is 15.4 Å². The molecule has 118 valence electrons. The van der Waals surface area contributed by atoms with Crippen molar-refractivity contribution in [2.45, 2.75) is 27.0 Å². The third-order valence-corrected chi connectivity index (χ3v) is 2.82. The molecule has 0 radical (unpaired) electrons. The zero-order valence-corrected chi connectivity index (χ0v) is 13.0. The first-order valence-electron chi connectivity index (χ1n) is 6.60. The van der Waals surface area contributed by atoms with Crippen molar-refractivity contribution in [2.75, 3.05) is 13.6 Å². The smallest absolute Gasteiger partial charge is 0.387 e. The topological polar surface area (TPSA) is 45.7 Å². The molecule has 4 nitrogen and oxygen atoms in total. The van der Waals surface area contributed by atoms with Crippen molar-refractivity contribution in [2.24, 2.45) is 10.9 Å². The van der Waals surface area contributed by atoms with Crippen LogP contribution in [0, 0.1) is 5.92 Å². The molecular weight excluding hydrogens is 300 g/mol. The van der Waals surface area contributed by atoms with E-state index in [1.54, 1.807) is 13.1 Å². The van der Waals surface area contributed by atoms with E-state index in [1.165, 1.54) is 12.1 Å². The quantitative estimate of drug-likeness (QED) is 0.625. The average Bonchev–Trinajstić information content (AvgIpc) is 2.41. The summed E-state index contributed by atoms with van der Waals surface area (Å²) in [6, 6.07) is 4.52. The molecule has 0 unspecified atom stereocenters. The van der Waals surface area contributed by atoms with E-state index in [2.05, 4.69) is 34.2 Å². The van der Waals surface area contributed by atoms with Crippen molar-refractivity contribution in [3.8, 4) is 5.75 Å². The third kappa shape index (κ3) is 6.62. The largest absolute Gasteiger partial charge is 0.434 e. The first kappa shape index (κ1) is 17.5. The minimum atomic E-state index is -2.87. The predicted molar refractivity (Wildman–Crippen MR) is 81.1 cm³/mol. The van der Waals surface area contributed by atoms with Gasteiger partial charge in [0.05, 0.1) is 0 Å². The SMILES string of the molecule is CN=C(NCc1cc(Cl)ccc1OC(F)F)NCC(C)C. The normalized spacial score (nSPS) is 11.9. The summed E-state index contributed by atoms with van der Waals surface area (Å²) in [4.78, 5) is 4.06. The average molecular weight is 320 g/mol. The number of benzene rings is 1. The van der Waals surface area contributed by atoms with Gasteiger partial charge in [0.1, 0.15) is 5.75 Å². The predicted octanol–water partition coefficient (Wildman–Crippen LogP) is 3.26. The van der Waals surface area contributed by atoms with Crippen molar-refractivity contribution in [1.29, 1.82) is 0 Å². The number of halogens is 3. The molecule has 0 amide bonds. The number of alkyl halides is 2. The molecule has 2 N–H and O–H groups in total. The van der Waals surface area contributed by atoms with Crippen LogP contribution >= 0.6 is 11.6 Å². The van der Waals surface area contributed by atoms with Crippen molar-refractivity contribution in [1.82, 2.24) is 10.6 Å². The Kier molecular flexibility index (Phi) is 7.22. The van der Waals surface area contributed by atoms with Gasteiger partial charge in [-0.2, -0.15) is 8.78 Å². The molecule has 21 heavy (non-hydrogen) atoms. The molecule has 0 fully saturated rings. The van der Waals surface area contributed by atoms with Crippen molar-refractivity contribution in [3.05, 3.63) is 28.8 Å². The van der Waals surface area contributed by atoms with E-state index in [-0.39, 0.29) is 12.3 Å². The lowest BCUT2D eigenvalue weighted by molar-refractivity contribution is -0.0504. The van der Waals surface area contributed by atoms with E-state index in [0.717, 1.165) is 6.54 Å². The highest BCUT2D eigenvalue weighted by Gasteiger charge is 2.11. The summed E-state index contributed by atoms with van der Waals surface area (Å²) in [5, 5.41) is 6.63. The second kappa shape index (κ2) is 8.67. The maximum atomic E-state index is 12.4. The molecule has 0 atom stereocenters. The fraction of sp³-hybridized carbons (Fsp3) is 0.500. The summed E-state index contributed by atoms with van der Waals surface area (Å²) < 4.78 is 29.2. The molecule has 0 saturated heterocycles. The van der Waals surface area contributed by atoms with E-state index in [9.17, 15) is 8.78 Å². The van der Waals surface area contributed by atoms with Gasteiger partial charge in [-0.3, -0.25) is 4.99 Å². The van der Waals surface area contributed by atoms with Gasteiger partial charge >= 0.3 is 6.61 Å². The number of ether oxygens (including phenoxy) is 1. The second-order valence-corrected chi connectivity index (χ2v) is 5.27. The molecule has 0 aliphatic carbocycles. The lowest BCUT2D eigenvalue weighted by atomic mass is 10.2. The van der Waals surface area contributed by atoms with Gasteiger partial charge in [-0.05, 0) is 24.1 Å². The molecule has 0 spiro atoms. The van der Waals surface area contributed by atoms with Gasteiger partial charge in [0.15, 0.2) is 5.96 Å². The van der Waals surface area contributed by atoms with Crippen LogP contribution in [0.25, 0.3) is 0 Å². The molecule has 0 aliphatic rings. The molecule has 7 heteroatoms. The van der Waals surface area contributed by atoms with E-state index in [0.29, 0.717) is 22.5 Å². The minimum absolute atomic E-state index is 0.0983. The first-order chi connectivity index (χ1) is 9.92. The molecule has 1 rings (SSSR count). The van der Waals surface area contributed by atoms with E-state index >= 15 is 0 Å². The summed E-state index contributed by atoms with van der Waals surface area (Å²) >= 11 is 5.89. The van der Waals surface area contributed by atoms with Gasteiger partial charge in [0, 0.05) is 30.7 Å². The summed E-state index contributed by atoms with van der Waals surface area (Å²) in [5.41, 5.74) is 0.537. The van der Waals surface area contributed by atoms with Crippen molar-refractivity contribution >= 4 is 17.6 Å². The van der Waals surface area contributed by atoms with Crippen LogP contribution in [-0.2, 0) is 6.54 Å². The summed E-state index contributed by atoms with van der Waals surface area (Å²) in [6.45, 7) is 2.32. The number of guanidine groups is 1. The standard InChI is InChI=1S/C14H20ClF2N3O/c1-9(2)7-19-14(18-3)20-8-10-6-11(15)4-5-12(10)21-13(16)17/h4-6,9,13H,7-8H2,1-3H3,(H2,18,19,20). The van der Waals surface area contributed by atoms with Crippen LogP contribution in [-0.4, -0.2) is 26.2 Å². The van der Waals surface area contributed by atoms with Gasteiger partial charge in [-0.25, -0.2) is 0 Å². The van der Waals surface area contributed by atoms with Crippen LogP contribution in [0.15, 0.2) is 23.2 Å². The van der Waals surface area contributed by atoms with Crippen LogP contribution < -0.4 is 15.4 Å². The molecule has 1 aromatic carbocycles. The summed E-state index contributed by atoms with van der Waals surface area (Å²) in [6.07, 6.45) is 0. The summed E-state index contributed by atoms with van der Waals surface area (Å²) in [7, 11) is 1.64. The second-order valence-electron chi connectivity index (χ2n) is 4.83. The number of nitrogens with one attached hydrogen (secondary N) is 2. The number of hydrogen-bond acceptors (Lipinski definition) is 2. The van der Waals surface area contributed by atoms with Crippen LogP contribution in [0.5, 0.6) is 5.75 Å². The number of rotatable bonds is 6. The minimum Gasteiger partial charge on any atom is -0.434 e. The highest BCUT2D eigenvalue weighted by Crippen LogP contribution is 2.24. The van der Waals surface area contributed by atoms with Crippen LogP contribution in [0.4, 0.5) is 8.78 Å². The van der Waals surface area contributed by atoms with E-state index < -0.39 is 6.61 Å². The Hall–Kier alpha value is -1.56. The van der Waals surface area contributed by atoms with Gasteiger partial charge in [-0.1, -0.05) is 25.4 Å². The molecule has 0 heterocycles. The van der Waals surface area contributed by atoms with E-state index in [1.807, 2.05) is 0 Å². The third-order valence-electron chi connectivity index (χ3n) is 2.59. The maximum Gasteiger partial charge on any atom is 0.387 e. The number of nitrogens with zero attached hydrogens (tertiary/aromatic N) is 1. The summed E-state index contributed by atoms with van der Waals surface area (Å²) in [5.74, 6) is 1.15. The fourth-order valence-electron chi connectivity index (χ4n) is 1.60. The lowest BCUT2D eigenvalue weighted by Gasteiger charge is -2.15. The first-order valence-corrected chi connectivity index (χ1v) is 6.98. The van der Waals surface area contributed by atoms with Crippen molar-refractivity contribution in [3.63, 3.8) is 0 Å². The monoisotopic (exact) mass is 319 g/mol. The maximum absolute atomic E-state index is 12.4.